The van der Waals surface area contributed by atoms with E-state index in [1.165, 1.54) is 19.9 Å². The number of hydrogen-bond donors (Lipinski definition) is 2. The van der Waals surface area contributed by atoms with Crippen LogP contribution in [-0.2, 0) is 14.3 Å². The third kappa shape index (κ3) is 5.67. The molecule has 0 fully saturated rings. The average molecular weight is 382 g/mol. The second-order valence-electron chi connectivity index (χ2n) is 6.70. The van der Waals surface area contributed by atoms with Gasteiger partial charge in [-0.1, -0.05) is 38.1 Å². The van der Waals surface area contributed by atoms with E-state index in [2.05, 4.69) is 24.5 Å². The first kappa shape index (κ1) is 21.2. The Morgan fingerprint density at radius 1 is 1.00 bits per heavy atom. The minimum Gasteiger partial charge on any atom is -0.449 e. The lowest BCUT2D eigenvalue weighted by atomic mass is 9.97. The van der Waals surface area contributed by atoms with Gasteiger partial charge in [-0.3, -0.25) is 9.59 Å². The first-order valence-electron chi connectivity index (χ1n) is 9.30. The molecule has 2 amide bonds. The molecule has 6 nitrogen and oxygen atoms in total. The normalized spacial score (nSPS) is 12.6. The molecule has 2 N–H and O–H groups in total. The summed E-state index contributed by atoms with van der Waals surface area (Å²) in [4.78, 5) is 36.0. The topological polar surface area (TPSA) is 84.5 Å². The van der Waals surface area contributed by atoms with E-state index < -0.39 is 18.0 Å². The summed E-state index contributed by atoms with van der Waals surface area (Å²) in [6.45, 7) is 7.09. The molecule has 0 radical (unpaired) electrons. The maximum atomic E-state index is 12.5. The van der Waals surface area contributed by atoms with Crippen molar-refractivity contribution in [2.45, 2.75) is 46.1 Å². The van der Waals surface area contributed by atoms with Gasteiger partial charge in [-0.05, 0) is 49.1 Å². The van der Waals surface area contributed by atoms with Crippen molar-refractivity contribution in [3.8, 4) is 0 Å². The number of hydrogen-bond acceptors (Lipinski definition) is 4. The summed E-state index contributed by atoms with van der Waals surface area (Å²) >= 11 is 0. The molecule has 148 valence electrons. The summed E-state index contributed by atoms with van der Waals surface area (Å²) < 4.78 is 5.29. The van der Waals surface area contributed by atoms with Gasteiger partial charge in [-0.25, -0.2) is 4.79 Å². The highest BCUT2D eigenvalue weighted by atomic mass is 16.5. The molecule has 28 heavy (non-hydrogen) atoms. The summed E-state index contributed by atoms with van der Waals surface area (Å²) in [5, 5.41) is 5.45. The minimum atomic E-state index is -0.970. The molecule has 0 aliphatic rings. The van der Waals surface area contributed by atoms with E-state index in [-0.39, 0.29) is 11.5 Å². The van der Waals surface area contributed by atoms with E-state index in [0.29, 0.717) is 11.6 Å². The number of benzene rings is 2. The number of rotatable bonds is 7. The van der Waals surface area contributed by atoms with Crippen LogP contribution in [0.4, 0.5) is 11.4 Å². The molecule has 0 heterocycles. The van der Waals surface area contributed by atoms with Gasteiger partial charge in [0.25, 0.3) is 5.91 Å². The van der Waals surface area contributed by atoms with E-state index in [1.807, 2.05) is 24.3 Å². The predicted molar refractivity (Wildman–Crippen MR) is 109 cm³/mol. The fraction of sp³-hybridized carbons (Fsp3) is 0.318. The van der Waals surface area contributed by atoms with E-state index >= 15 is 0 Å². The highest BCUT2D eigenvalue weighted by Gasteiger charge is 2.21. The van der Waals surface area contributed by atoms with Crippen LogP contribution < -0.4 is 10.6 Å². The molecule has 0 aromatic heterocycles. The number of para-hydroxylation sites is 1. The van der Waals surface area contributed by atoms with E-state index in [1.54, 1.807) is 18.2 Å². The van der Waals surface area contributed by atoms with Gasteiger partial charge in [0, 0.05) is 18.3 Å². The molecule has 0 spiro atoms. The quantitative estimate of drug-likeness (QED) is 0.698. The molecule has 2 aromatic rings. The summed E-state index contributed by atoms with van der Waals surface area (Å²) in [7, 11) is 0. The molecule has 0 unspecified atom stereocenters. The minimum absolute atomic E-state index is 0.238. The average Bonchev–Trinajstić information content (AvgIpc) is 2.67. The highest BCUT2D eigenvalue weighted by Crippen LogP contribution is 2.26. The molecule has 2 rings (SSSR count). The number of ether oxygens (including phenoxy) is 1. The number of anilines is 2. The van der Waals surface area contributed by atoms with Gasteiger partial charge < -0.3 is 15.4 Å². The number of nitrogens with one attached hydrogen (secondary N) is 2. The van der Waals surface area contributed by atoms with Crippen LogP contribution in [0.3, 0.4) is 0 Å². The maximum Gasteiger partial charge on any atom is 0.338 e. The van der Waals surface area contributed by atoms with Crippen LogP contribution in [0.5, 0.6) is 0 Å². The molecule has 0 aliphatic carbocycles. The van der Waals surface area contributed by atoms with E-state index in [9.17, 15) is 14.4 Å². The summed E-state index contributed by atoms with van der Waals surface area (Å²) in [5.41, 5.74) is 2.50. The number of esters is 1. The third-order valence-corrected chi connectivity index (χ3v) is 4.43. The van der Waals surface area contributed by atoms with Gasteiger partial charge >= 0.3 is 5.97 Å². The Morgan fingerprint density at radius 3 is 2.39 bits per heavy atom. The van der Waals surface area contributed by atoms with Crippen molar-refractivity contribution in [1.82, 2.24) is 0 Å². The summed E-state index contributed by atoms with van der Waals surface area (Å²) in [6, 6.07) is 14.0. The van der Waals surface area contributed by atoms with Crippen molar-refractivity contribution >= 4 is 29.2 Å². The number of carbonyl (C=O) groups is 3. The van der Waals surface area contributed by atoms with E-state index in [0.717, 1.165) is 17.7 Å². The van der Waals surface area contributed by atoms with Gasteiger partial charge in [-0.15, -0.1) is 0 Å². The molecule has 0 saturated heterocycles. The predicted octanol–water partition coefficient (Wildman–Crippen LogP) is 4.34. The lowest BCUT2D eigenvalue weighted by Gasteiger charge is -2.18. The second-order valence-corrected chi connectivity index (χ2v) is 6.70. The molecule has 6 heteroatoms. The Balaban J connectivity index is 2.05. The van der Waals surface area contributed by atoms with Crippen LogP contribution >= 0.6 is 0 Å². The van der Waals surface area contributed by atoms with Gasteiger partial charge in [0.15, 0.2) is 6.10 Å². The SMILES string of the molecule is CC[C@@H](C)c1ccccc1NC(=O)[C@H](C)OC(=O)c1cccc(NC(C)=O)c1. The smallest absolute Gasteiger partial charge is 0.338 e. The lowest BCUT2D eigenvalue weighted by Crippen LogP contribution is -2.30. The Bertz CT molecular complexity index is 863. The molecule has 2 atom stereocenters. The molecular formula is C22H26N2O4. The van der Waals surface area contributed by atoms with Crippen molar-refractivity contribution in [1.29, 1.82) is 0 Å². The van der Waals surface area contributed by atoms with Crippen LogP contribution in [-0.4, -0.2) is 23.9 Å². The molecule has 2 aromatic carbocycles. The van der Waals surface area contributed by atoms with E-state index in [4.69, 9.17) is 4.74 Å². The Morgan fingerprint density at radius 2 is 1.71 bits per heavy atom. The van der Waals surface area contributed by atoms with Crippen LogP contribution in [0.1, 0.15) is 56.0 Å². The number of amides is 2. The van der Waals surface area contributed by atoms with Gasteiger partial charge in [0.05, 0.1) is 5.56 Å². The van der Waals surface area contributed by atoms with Crippen molar-refractivity contribution in [2.24, 2.45) is 0 Å². The van der Waals surface area contributed by atoms with Crippen molar-refractivity contribution < 1.29 is 19.1 Å². The number of carbonyl (C=O) groups excluding carboxylic acids is 3. The van der Waals surface area contributed by atoms with Gasteiger partial charge in [0.2, 0.25) is 5.91 Å². The van der Waals surface area contributed by atoms with Gasteiger partial charge in [0.1, 0.15) is 0 Å². The van der Waals surface area contributed by atoms with Crippen molar-refractivity contribution in [3.05, 3.63) is 59.7 Å². The van der Waals surface area contributed by atoms with Crippen molar-refractivity contribution in [2.75, 3.05) is 10.6 Å². The Hall–Kier alpha value is -3.15. The zero-order valence-corrected chi connectivity index (χ0v) is 16.6. The molecular weight excluding hydrogens is 356 g/mol. The molecule has 0 bridgehead atoms. The van der Waals surface area contributed by atoms with Gasteiger partial charge in [-0.2, -0.15) is 0 Å². The van der Waals surface area contributed by atoms with Crippen LogP contribution in [0.2, 0.25) is 0 Å². The lowest BCUT2D eigenvalue weighted by molar-refractivity contribution is -0.123. The van der Waals surface area contributed by atoms with Crippen LogP contribution in [0, 0.1) is 0 Å². The Kier molecular flexibility index (Phi) is 7.32. The van der Waals surface area contributed by atoms with Crippen LogP contribution in [0.15, 0.2) is 48.5 Å². The standard InChI is InChI=1S/C22H26N2O4/c1-5-14(2)19-11-6-7-12-20(19)24-21(26)15(3)28-22(27)17-9-8-10-18(13-17)23-16(4)25/h6-15H,5H2,1-4H3,(H,23,25)(H,24,26)/t14-,15+/m1/s1. The Labute approximate surface area is 165 Å². The monoisotopic (exact) mass is 382 g/mol. The zero-order chi connectivity index (χ0) is 20.7. The second kappa shape index (κ2) is 9.69. The maximum absolute atomic E-state index is 12.5. The summed E-state index contributed by atoms with van der Waals surface area (Å²) in [5.74, 6) is -0.976. The molecule has 0 saturated carbocycles. The molecule has 0 aliphatic heterocycles. The van der Waals surface area contributed by atoms with Crippen molar-refractivity contribution in [3.63, 3.8) is 0 Å². The first-order valence-corrected chi connectivity index (χ1v) is 9.30. The largest absolute Gasteiger partial charge is 0.449 e. The third-order valence-electron chi connectivity index (χ3n) is 4.43. The van der Waals surface area contributed by atoms with Crippen LogP contribution in [0.25, 0.3) is 0 Å². The first-order chi connectivity index (χ1) is 13.3. The summed E-state index contributed by atoms with van der Waals surface area (Å²) in [6.07, 6.45) is -0.0240. The highest BCUT2D eigenvalue weighted by molar-refractivity contribution is 5.98. The zero-order valence-electron chi connectivity index (χ0n) is 16.6. The fourth-order valence-electron chi connectivity index (χ4n) is 2.70. The fourth-order valence-corrected chi connectivity index (χ4v) is 2.70.